The minimum Gasteiger partial charge on any atom is -0.326 e. The lowest BCUT2D eigenvalue weighted by Crippen LogP contribution is -2.41. The van der Waals surface area contributed by atoms with E-state index in [1.165, 1.54) is 0 Å². The summed E-state index contributed by atoms with van der Waals surface area (Å²) in [5.41, 5.74) is 0.927. The van der Waals surface area contributed by atoms with Gasteiger partial charge in [-0.05, 0) is 19.8 Å². The normalized spacial score (nSPS) is 19.2. The third-order valence-corrected chi connectivity index (χ3v) is 5.58. The second-order valence-corrected chi connectivity index (χ2v) is 7.65. The molecule has 3 aromatic rings. The van der Waals surface area contributed by atoms with Gasteiger partial charge in [0.25, 0.3) is 5.91 Å². The average Bonchev–Trinajstić information content (AvgIpc) is 3.36. The highest BCUT2D eigenvalue weighted by Crippen LogP contribution is 2.28. The summed E-state index contributed by atoms with van der Waals surface area (Å²) in [5.74, 6) is 2.86. The molecule has 10 heteroatoms. The number of hydrogen-bond acceptors (Lipinski definition) is 6. The number of fused-ring (bicyclic) bond motifs is 2. The van der Waals surface area contributed by atoms with Crippen molar-refractivity contribution in [3.05, 3.63) is 29.9 Å². The van der Waals surface area contributed by atoms with E-state index in [2.05, 4.69) is 37.0 Å². The van der Waals surface area contributed by atoms with Gasteiger partial charge in [0.05, 0.1) is 24.3 Å². The average molecular weight is 381 g/mol. The van der Waals surface area contributed by atoms with Crippen molar-refractivity contribution < 1.29 is 4.79 Å². The van der Waals surface area contributed by atoms with Crippen LogP contribution in [-0.4, -0.2) is 56.7 Å². The van der Waals surface area contributed by atoms with Gasteiger partial charge in [0.2, 0.25) is 5.82 Å². The van der Waals surface area contributed by atoms with E-state index < -0.39 is 0 Å². The van der Waals surface area contributed by atoms with Crippen molar-refractivity contribution in [2.45, 2.75) is 51.7 Å². The fourth-order valence-corrected chi connectivity index (χ4v) is 4.20. The maximum Gasteiger partial charge on any atom is 0.292 e. The van der Waals surface area contributed by atoms with Crippen LogP contribution in [0.25, 0.3) is 11.4 Å². The van der Waals surface area contributed by atoms with Crippen LogP contribution < -0.4 is 0 Å². The second kappa shape index (κ2) is 6.54. The second-order valence-electron chi connectivity index (χ2n) is 7.65. The first kappa shape index (κ1) is 17.1. The molecule has 0 N–H and O–H groups in total. The van der Waals surface area contributed by atoms with E-state index in [4.69, 9.17) is 0 Å². The third kappa shape index (κ3) is 2.71. The number of carbonyl (C=O) groups excluding carboxylic acids is 1. The van der Waals surface area contributed by atoms with Crippen molar-refractivity contribution in [3.8, 4) is 11.4 Å². The van der Waals surface area contributed by atoms with Crippen LogP contribution in [0.1, 0.15) is 54.5 Å². The molecule has 3 aromatic heterocycles. The molecule has 0 saturated heterocycles. The first-order valence-corrected chi connectivity index (χ1v) is 9.76. The van der Waals surface area contributed by atoms with Crippen LogP contribution in [0.4, 0.5) is 0 Å². The van der Waals surface area contributed by atoms with Gasteiger partial charge in [0.1, 0.15) is 5.82 Å². The van der Waals surface area contributed by atoms with Crippen LogP contribution in [0.3, 0.4) is 0 Å². The van der Waals surface area contributed by atoms with Crippen molar-refractivity contribution in [3.63, 3.8) is 0 Å². The molecule has 0 fully saturated rings. The largest absolute Gasteiger partial charge is 0.326 e. The van der Waals surface area contributed by atoms with Crippen molar-refractivity contribution in [1.29, 1.82) is 0 Å². The number of amides is 1. The Balaban J connectivity index is 1.43. The zero-order chi connectivity index (χ0) is 19.3. The van der Waals surface area contributed by atoms with E-state index in [1.54, 1.807) is 10.9 Å². The fourth-order valence-electron chi connectivity index (χ4n) is 4.20. The van der Waals surface area contributed by atoms with Gasteiger partial charge in [-0.3, -0.25) is 9.48 Å². The van der Waals surface area contributed by atoms with Crippen LogP contribution in [0.2, 0.25) is 0 Å². The highest BCUT2D eigenvalue weighted by Gasteiger charge is 2.33. The van der Waals surface area contributed by atoms with E-state index in [9.17, 15) is 4.79 Å². The number of rotatable bonds is 2. The Morgan fingerprint density at radius 1 is 1.11 bits per heavy atom. The molecular formula is C18H23N9O. The van der Waals surface area contributed by atoms with Gasteiger partial charge in [0, 0.05) is 32.8 Å². The Morgan fingerprint density at radius 3 is 2.79 bits per heavy atom. The summed E-state index contributed by atoms with van der Waals surface area (Å²) in [5, 5.41) is 21.4. The molecule has 1 atom stereocenters. The molecule has 0 radical (unpaired) electrons. The van der Waals surface area contributed by atoms with Gasteiger partial charge < -0.3 is 14.0 Å². The summed E-state index contributed by atoms with van der Waals surface area (Å²) < 4.78 is 5.85. The summed E-state index contributed by atoms with van der Waals surface area (Å²) in [4.78, 5) is 15.0. The number of carbonyl (C=O) groups is 1. The minimum atomic E-state index is -0.0790. The number of nitrogens with zero attached hydrogens (tertiary/aromatic N) is 9. The van der Waals surface area contributed by atoms with Gasteiger partial charge in [-0.15, -0.1) is 20.4 Å². The molecule has 0 bridgehead atoms. The molecule has 5 rings (SSSR count). The Labute approximate surface area is 162 Å². The molecule has 5 heterocycles. The smallest absolute Gasteiger partial charge is 0.292 e. The molecule has 0 unspecified atom stereocenters. The lowest BCUT2D eigenvalue weighted by atomic mass is 10.2. The maximum atomic E-state index is 13.2. The van der Waals surface area contributed by atoms with Crippen molar-refractivity contribution >= 4 is 5.91 Å². The summed E-state index contributed by atoms with van der Waals surface area (Å²) >= 11 is 0. The summed E-state index contributed by atoms with van der Waals surface area (Å²) in [6, 6.07) is 0.0597. The summed E-state index contributed by atoms with van der Waals surface area (Å²) in [6.45, 7) is 3.89. The fraction of sp³-hybridized carbons (Fsp3) is 0.556. The Kier molecular flexibility index (Phi) is 3.99. The minimum absolute atomic E-state index is 0.0597. The van der Waals surface area contributed by atoms with Crippen LogP contribution in [-0.2, 0) is 26.6 Å². The zero-order valence-electron chi connectivity index (χ0n) is 16.1. The third-order valence-electron chi connectivity index (χ3n) is 5.58. The lowest BCUT2D eigenvalue weighted by Gasteiger charge is -2.32. The summed E-state index contributed by atoms with van der Waals surface area (Å²) in [6.07, 6.45) is 7.93. The van der Waals surface area contributed by atoms with Crippen LogP contribution in [0, 0.1) is 0 Å². The number of hydrogen-bond donors (Lipinski definition) is 0. The molecule has 2 aliphatic rings. The topological polar surface area (TPSA) is 99.6 Å². The van der Waals surface area contributed by atoms with Gasteiger partial charge in [-0.1, -0.05) is 6.42 Å². The monoisotopic (exact) mass is 381 g/mol. The van der Waals surface area contributed by atoms with Crippen molar-refractivity contribution in [2.24, 2.45) is 7.05 Å². The first-order chi connectivity index (χ1) is 13.6. The predicted molar refractivity (Wildman–Crippen MR) is 99.3 cm³/mol. The zero-order valence-corrected chi connectivity index (χ0v) is 16.1. The van der Waals surface area contributed by atoms with Gasteiger partial charge in [-0.2, -0.15) is 5.10 Å². The van der Waals surface area contributed by atoms with Crippen LogP contribution >= 0.6 is 0 Å². The molecular weight excluding hydrogens is 358 g/mol. The van der Waals surface area contributed by atoms with E-state index in [0.29, 0.717) is 18.9 Å². The number of aryl methyl sites for hydroxylation is 2. The van der Waals surface area contributed by atoms with Gasteiger partial charge in [-0.25, -0.2) is 0 Å². The molecule has 146 valence electrons. The first-order valence-electron chi connectivity index (χ1n) is 9.76. The lowest BCUT2D eigenvalue weighted by molar-refractivity contribution is 0.0663. The number of aromatic nitrogens is 8. The van der Waals surface area contributed by atoms with Crippen molar-refractivity contribution in [1.82, 2.24) is 44.2 Å². The van der Waals surface area contributed by atoms with Gasteiger partial charge >= 0.3 is 0 Å². The van der Waals surface area contributed by atoms with E-state index in [0.717, 1.165) is 55.3 Å². The Morgan fingerprint density at radius 2 is 1.96 bits per heavy atom. The quantitative estimate of drug-likeness (QED) is 0.662. The van der Waals surface area contributed by atoms with Crippen LogP contribution in [0.5, 0.6) is 0 Å². The molecule has 0 aromatic carbocycles. The van der Waals surface area contributed by atoms with E-state index in [1.807, 2.05) is 22.7 Å². The molecule has 10 nitrogen and oxygen atoms in total. The highest BCUT2D eigenvalue weighted by molar-refractivity contribution is 5.90. The molecule has 0 spiro atoms. The standard InChI is InChI=1S/C18H23N9O/c1-12-9-25(18(28)17-23-20-14-6-4-3-5-7-26(14)17)11-15-21-22-16(27(12)15)13-8-19-24(2)10-13/h8,10,12H,3-7,9,11H2,1-2H3/t12-/m0/s1. The van der Waals surface area contributed by atoms with E-state index in [-0.39, 0.29) is 11.9 Å². The molecule has 2 aliphatic heterocycles. The SMILES string of the molecule is C[C@H]1CN(C(=O)c2nnc3n2CCCCC3)Cc2nnc(-c3cnn(C)c3)n21. The molecule has 1 amide bonds. The Hall–Kier alpha value is -3.04. The summed E-state index contributed by atoms with van der Waals surface area (Å²) in [7, 11) is 1.88. The van der Waals surface area contributed by atoms with Crippen LogP contribution in [0.15, 0.2) is 12.4 Å². The molecule has 0 saturated carbocycles. The highest BCUT2D eigenvalue weighted by atomic mass is 16.2. The molecule has 0 aliphatic carbocycles. The molecule has 28 heavy (non-hydrogen) atoms. The predicted octanol–water partition coefficient (Wildman–Crippen LogP) is 1.21. The van der Waals surface area contributed by atoms with E-state index >= 15 is 0 Å². The van der Waals surface area contributed by atoms with Gasteiger partial charge in [0.15, 0.2) is 11.6 Å². The van der Waals surface area contributed by atoms with Crippen molar-refractivity contribution in [2.75, 3.05) is 6.54 Å². The Bertz CT molecular complexity index is 1030. The maximum absolute atomic E-state index is 13.2.